The van der Waals surface area contributed by atoms with Crippen molar-refractivity contribution >= 4 is 21.7 Å². The van der Waals surface area contributed by atoms with Crippen LogP contribution in [0.1, 0.15) is 32.3 Å². The number of aliphatic hydroxyl groups excluding tert-OH is 1. The van der Waals surface area contributed by atoms with Gasteiger partial charge in [-0.25, -0.2) is 8.78 Å². The van der Waals surface area contributed by atoms with E-state index in [1.165, 1.54) is 6.07 Å². The molecular formula is C14H17BrF2O2. The summed E-state index contributed by atoms with van der Waals surface area (Å²) >= 11 is 2.95. The maximum Gasteiger partial charge on any atom is 0.166 e. The molecule has 0 bridgehead atoms. The van der Waals surface area contributed by atoms with Crippen LogP contribution in [0.4, 0.5) is 8.78 Å². The molecule has 1 rings (SSSR count). The number of ketones is 1. The zero-order chi connectivity index (χ0) is 14.6. The molecular weight excluding hydrogens is 318 g/mol. The number of aliphatic hydroxyl groups is 1. The molecule has 0 aliphatic rings. The van der Waals surface area contributed by atoms with Gasteiger partial charge in [-0.05, 0) is 34.0 Å². The lowest BCUT2D eigenvalue weighted by molar-refractivity contribution is -0.129. The quantitative estimate of drug-likeness (QED) is 0.806. The maximum absolute atomic E-state index is 13.7. The van der Waals surface area contributed by atoms with Crippen molar-refractivity contribution in [3.05, 3.63) is 33.8 Å². The van der Waals surface area contributed by atoms with Crippen LogP contribution in [-0.4, -0.2) is 17.0 Å². The Morgan fingerprint density at radius 1 is 1.32 bits per heavy atom. The summed E-state index contributed by atoms with van der Waals surface area (Å²) in [4.78, 5) is 11.9. The molecule has 0 saturated heterocycles. The second-order valence-electron chi connectivity index (χ2n) is 4.49. The molecule has 1 unspecified atom stereocenters. The zero-order valence-electron chi connectivity index (χ0n) is 10.9. The third-order valence-corrected chi connectivity index (χ3v) is 3.93. The first kappa shape index (κ1) is 16.2. The summed E-state index contributed by atoms with van der Waals surface area (Å²) in [5.74, 6) is -2.29. The minimum Gasteiger partial charge on any atom is -0.385 e. The standard InChI is InChI=1S/C14H17BrF2O2/c1-3-8(4-2)14(19)12(18)7-9-11(16)6-5-10(15)13(9)17/h5-6,8,14,19H,3-4,7H2,1-2H3. The predicted molar refractivity (Wildman–Crippen MR) is 72.8 cm³/mol. The lowest BCUT2D eigenvalue weighted by Crippen LogP contribution is -2.30. The van der Waals surface area contributed by atoms with E-state index in [0.717, 1.165) is 6.07 Å². The molecule has 1 aromatic rings. The van der Waals surface area contributed by atoms with Gasteiger partial charge >= 0.3 is 0 Å². The molecule has 1 N–H and O–H groups in total. The molecule has 19 heavy (non-hydrogen) atoms. The SMILES string of the molecule is CCC(CC)C(O)C(=O)Cc1c(F)ccc(Br)c1F. The zero-order valence-corrected chi connectivity index (χ0v) is 12.5. The van der Waals surface area contributed by atoms with Crippen LogP contribution in [0.5, 0.6) is 0 Å². The maximum atomic E-state index is 13.7. The number of halogens is 3. The van der Waals surface area contributed by atoms with Crippen molar-refractivity contribution in [2.75, 3.05) is 0 Å². The van der Waals surface area contributed by atoms with E-state index in [-0.39, 0.29) is 16.0 Å². The normalized spacial score (nSPS) is 12.8. The Hall–Kier alpha value is -0.810. The largest absolute Gasteiger partial charge is 0.385 e. The van der Waals surface area contributed by atoms with Crippen LogP contribution < -0.4 is 0 Å². The van der Waals surface area contributed by atoms with Gasteiger partial charge in [-0.3, -0.25) is 4.79 Å². The summed E-state index contributed by atoms with van der Waals surface area (Å²) in [6.07, 6.45) is -0.318. The second-order valence-corrected chi connectivity index (χ2v) is 5.34. The van der Waals surface area contributed by atoms with Crippen LogP contribution in [0.25, 0.3) is 0 Å². The van der Waals surface area contributed by atoms with Crippen LogP contribution in [0.15, 0.2) is 16.6 Å². The molecule has 0 radical (unpaired) electrons. The van der Waals surface area contributed by atoms with E-state index in [0.29, 0.717) is 12.8 Å². The van der Waals surface area contributed by atoms with Gasteiger partial charge in [0.1, 0.15) is 17.7 Å². The minimum atomic E-state index is -1.17. The Bertz CT molecular complexity index is 459. The number of carbonyl (C=O) groups is 1. The Morgan fingerprint density at radius 2 is 1.89 bits per heavy atom. The molecule has 0 saturated carbocycles. The average Bonchev–Trinajstić information content (AvgIpc) is 2.40. The molecule has 0 heterocycles. The molecule has 0 aliphatic heterocycles. The van der Waals surface area contributed by atoms with Gasteiger partial charge in [-0.1, -0.05) is 26.7 Å². The molecule has 106 valence electrons. The Labute approximate surface area is 120 Å². The summed E-state index contributed by atoms with van der Waals surface area (Å²) < 4.78 is 27.4. The van der Waals surface area contributed by atoms with E-state index in [9.17, 15) is 18.7 Å². The number of benzene rings is 1. The van der Waals surface area contributed by atoms with Gasteiger partial charge in [-0.15, -0.1) is 0 Å². The van der Waals surface area contributed by atoms with Gasteiger partial charge < -0.3 is 5.11 Å². The highest BCUT2D eigenvalue weighted by molar-refractivity contribution is 9.10. The van der Waals surface area contributed by atoms with Crippen molar-refractivity contribution in [1.82, 2.24) is 0 Å². The van der Waals surface area contributed by atoms with Crippen molar-refractivity contribution < 1.29 is 18.7 Å². The number of rotatable bonds is 6. The molecule has 2 nitrogen and oxygen atoms in total. The van der Waals surface area contributed by atoms with Crippen molar-refractivity contribution in [3.63, 3.8) is 0 Å². The lowest BCUT2D eigenvalue weighted by atomic mass is 9.91. The molecule has 5 heteroatoms. The third-order valence-electron chi connectivity index (χ3n) is 3.32. The van der Waals surface area contributed by atoms with E-state index in [2.05, 4.69) is 15.9 Å². The van der Waals surface area contributed by atoms with E-state index < -0.39 is 29.9 Å². The highest BCUT2D eigenvalue weighted by atomic mass is 79.9. The smallest absolute Gasteiger partial charge is 0.166 e. The summed E-state index contributed by atoms with van der Waals surface area (Å²) in [7, 11) is 0. The predicted octanol–water partition coefficient (Wildman–Crippen LogP) is 3.64. The van der Waals surface area contributed by atoms with Gasteiger partial charge in [0.05, 0.1) is 4.47 Å². The second kappa shape index (κ2) is 7.10. The fourth-order valence-electron chi connectivity index (χ4n) is 2.01. The number of carbonyl (C=O) groups excluding carboxylic acids is 1. The molecule has 1 aromatic carbocycles. The van der Waals surface area contributed by atoms with Crippen LogP contribution >= 0.6 is 15.9 Å². The van der Waals surface area contributed by atoms with Crippen molar-refractivity contribution in [3.8, 4) is 0 Å². The Kier molecular flexibility index (Phi) is 6.07. The van der Waals surface area contributed by atoms with Crippen LogP contribution in [0.3, 0.4) is 0 Å². The summed E-state index contributed by atoms with van der Waals surface area (Å²) in [5.41, 5.74) is -0.301. The summed E-state index contributed by atoms with van der Waals surface area (Å²) in [6.45, 7) is 3.73. The van der Waals surface area contributed by atoms with E-state index in [1.54, 1.807) is 0 Å². The molecule has 0 fully saturated rings. The van der Waals surface area contributed by atoms with E-state index in [4.69, 9.17) is 0 Å². The van der Waals surface area contributed by atoms with Gasteiger partial charge in [-0.2, -0.15) is 0 Å². The lowest BCUT2D eigenvalue weighted by Gasteiger charge is -2.19. The minimum absolute atomic E-state index is 0.105. The van der Waals surface area contributed by atoms with Crippen molar-refractivity contribution in [2.45, 2.75) is 39.2 Å². The summed E-state index contributed by atoms with van der Waals surface area (Å²) in [5, 5.41) is 9.88. The Morgan fingerprint density at radius 3 is 2.42 bits per heavy atom. The average molecular weight is 335 g/mol. The number of hydrogen-bond donors (Lipinski definition) is 1. The van der Waals surface area contributed by atoms with E-state index in [1.807, 2.05) is 13.8 Å². The van der Waals surface area contributed by atoms with Crippen LogP contribution in [0.2, 0.25) is 0 Å². The summed E-state index contributed by atoms with van der Waals surface area (Å²) in [6, 6.07) is 2.34. The van der Waals surface area contributed by atoms with Crippen molar-refractivity contribution in [2.24, 2.45) is 5.92 Å². The third kappa shape index (κ3) is 3.83. The van der Waals surface area contributed by atoms with Crippen molar-refractivity contribution in [1.29, 1.82) is 0 Å². The fraction of sp³-hybridized carbons (Fsp3) is 0.500. The molecule has 1 atom stereocenters. The van der Waals surface area contributed by atoms with Gasteiger partial charge in [0.15, 0.2) is 5.78 Å². The highest BCUT2D eigenvalue weighted by Crippen LogP contribution is 2.23. The number of Topliss-reactive ketones (excluding diaryl/α,β-unsaturated/α-hetero) is 1. The van der Waals surface area contributed by atoms with Crippen LogP contribution in [-0.2, 0) is 11.2 Å². The molecule has 0 spiro atoms. The Balaban J connectivity index is 2.91. The first-order valence-electron chi connectivity index (χ1n) is 6.25. The van der Waals surface area contributed by atoms with Gasteiger partial charge in [0.2, 0.25) is 0 Å². The molecule has 0 amide bonds. The van der Waals surface area contributed by atoms with Gasteiger partial charge in [0, 0.05) is 12.0 Å². The first-order valence-corrected chi connectivity index (χ1v) is 7.04. The van der Waals surface area contributed by atoms with Crippen LogP contribution in [0, 0.1) is 17.6 Å². The monoisotopic (exact) mass is 334 g/mol. The molecule has 0 aromatic heterocycles. The molecule has 0 aliphatic carbocycles. The highest BCUT2D eigenvalue weighted by Gasteiger charge is 2.25. The fourth-order valence-corrected chi connectivity index (χ4v) is 2.38. The number of hydrogen-bond acceptors (Lipinski definition) is 2. The first-order chi connectivity index (χ1) is 8.92. The van der Waals surface area contributed by atoms with E-state index >= 15 is 0 Å². The topological polar surface area (TPSA) is 37.3 Å². The van der Waals surface area contributed by atoms with Gasteiger partial charge in [0.25, 0.3) is 0 Å².